The van der Waals surface area contributed by atoms with Gasteiger partial charge in [-0.1, -0.05) is 18.2 Å². The van der Waals surface area contributed by atoms with Crippen LogP contribution in [0.1, 0.15) is 49.3 Å². The van der Waals surface area contributed by atoms with Crippen LogP contribution in [-0.2, 0) is 32.8 Å². The molecule has 2 N–H and O–H groups in total. The van der Waals surface area contributed by atoms with Gasteiger partial charge in [-0.15, -0.1) is 0 Å². The van der Waals surface area contributed by atoms with Gasteiger partial charge in [0.2, 0.25) is 17.7 Å². The third-order valence-corrected chi connectivity index (χ3v) is 8.68. The maximum Gasteiger partial charge on any atom is 0.243 e. The number of carbonyl (C=O) groups is 3. The van der Waals surface area contributed by atoms with E-state index >= 15 is 0 Å². The maximum atomic E-state index is 13.8. The van der Waals surface area contributed by atoms with E-state index in [0.717, 1.165) is 54.7 Å². The van der Waals surface area contributed by atoms with Gasteiger partial charge in [-0.05, 0) is 79.5 Å². The Balaban J connectivity index is 1.19. The quantitative estimate of drug-likeness (QED) is 0.541. The molecule has 2 aliphatic heterocycles. The zero-order valence-electron chi connectivity index (χ0n) is 21.1. The molecule has 6 rings (SSSR count). The van der Waals surface area contributed by atoms with Crippen LogP contribution in [0.2, 0.25) is 0 Å². The van der Waals surface area contributed by atoms with Crippen molar-refractivity contribution in [3.8, 4) is 0 Å². The summed E-state index contributed by atoms with van der Waals surface area (Å²) in [7, 11) is 0. The van der Waals surface area contributed by atoms with E-state index in [1.54, 1.807) is 17.0 Å². The Morgan fingerprint density at radius 3 is 2.62 bits per heavy atom. The van der Waals surface area contributed by atoms with E-state index in [-0.39, 0.29) is 42.5 Å². The number of carbonyl (C=O) groups excluding carboxylic acids is 3. The van der Waals surface area contributed by atoms with Crippen molar-refractivity contribution >= 4 is 23.4 Å². The first-order chi connectivity index (χ1) is 17.8. The summed E-state index contributed by atoms with van der Waals surface area (Å²) >= 11 is 0. The zero-order valence-corrected chi connectivity index (χ0v) is 21.1. The number of imide groups is 1. The van der Waals surface area contributed by atoms with E-state index in [0.29, 0.717) is 24.9 Å². The van der Waals surface area contributed by atoms with Crippen molar-refractivity contribution in [1.29, 1.82) is 0 Å². The summed E-state index contributed by atoms with van der Waals surface area (Å²) < 4.78 is 13.4. The first-order valence-corrected chi connectivity index (χ1v) is 13.3. The fourth-order valence-electron chi connectivity index (χ4n) is 6.14. The molecule has 2 atom stereocenters. The molecule has 2 saturated heterocycles. The molecule has 37 heavy (non-hydrogen) atoms. The lowest BCUT2D eigenvalue weighted by Gasteiger charge is -2.31. The van der Waals surface area contributed by atoms with Gasteiger partial charge >= 0.3 is 0 Å². The topological polar surface area (TPSA) is 81.8 Å². The number of nitrogens with one attached hydrogen (secondary N) is 2. The molecule has 0 aromatic heterocycles. The number of nitrogens with zero attached hydrogens (tertiary/aromatic N) is 2. The number of anilines is 1. The Bertz CT molecular complexity index is 1240. The summed E-state index contributed by atoms with van der Waals surface area (Å²) in [6.45, 7) is 3.98. The molecule has 3 amide bonds. The largest absolute Gasteiger partial charge is 0.380 e. The highest BCUT2D eigenvalue weighted by Gasteiger charge is 2.56. The van der Waals surface area contributed by atoms with Gasteiger partial charge in [0, 0.05) is 37.8 Å². The van der Waals surface area contributed by atoms with E-state index < -0.39 is 5.41 Å². The van der Waals surface area contributed by atoms with Crippen molar-refractivity contribution in [2.24, 2.45) is 5.92 Å². The second-order valence-corrected chi connectivity index (χ2v) is 11.1. The fraction of sp³-hybridized carbons (Fsp3) is 0.483. The van der Waals surface area contributed by atoms with E-state index in [1.807, 2.05) is 19.1 Å². The van der Waals surface area contributed by atoms with Crippen molar-refractivity contribution in [3.63, 3.8) is 0 Å². The molecule has 2 aromatic rings. The second kappa shape index (κ2) is 9.24. The van der Waals surface area contributed by atoms with Crippen molar-refractivity contribution in [3.05, 3.63) is 65.0 Å². The predicted octanol–water partition coefficient (Wildman–Crippen LogP) is 2.98. The summed E-state index contributed by atoms with van der Waals surface area (Å²) in [6.07, 6.45) is 3.56. The summed E-state index contributed by atoms with van der Waals surface area (Å²) in [5.74, 6) is -0.686. The summed E-state index contributed by atoms with van der Waals surface area (Å²) in [5, 5.41) is 6.75. The van der Waals surface area contributed by atoms with Gasteiger partial charge in [0.05, 0.1) is 11.5 Å². The van der Waals surface area contributed by atoms with Crippen molar-refractivity contribution in [1.82, 2.24) is 15.1 Å². The number of likely N-dealkylation sites (tertiary alicyclic amines) is 1. The minimum atomic E-state index is -0.868. The van der Waals surface area contributed by atoms with Crippen LogP contribution in [0.15, 0.2) is 42.5 Å². The average Bonchev–Trinajstić information content (AvgIpc) is 3.61. The highest BCUT2D eigenvalue weighted by molar-refractivity contribution is 6.11. The van der Waals surface area contributed by atoms with Crippen LogP contribution < -0.4 is 10.6 Å². The van der Waals surface area contributed by atoms with Crippen molar-refractivity contribution in [2.75, 3.05) is 25.0 Å². The first-order valence-electron chi connectivity index (χ1n) is 13.3. The summed E-state index contributed by atoms with van der Waals surface area (Å²) in [4.78, 5) is 43.4. The summed E-state index contributed by atoms with van der Waals surface area (Å²) in [6, 6.07) is 12.6. The smallest absolute Gasteiger partial charge is 0.243 e. The molecule has 7 nitrogen and oxygen atoms in total. The highest BCUT2D eigenvalue weighted by Crippen LogP contribution is 2.47. The Morgan fingerprint density at radius 2 is 1.95 bits per heavy atom. The number of rotatable bonds is 8. The molecule has 4 aliphatic rings. The molecule has 0 bridgehead atoms. The molecular formula is C29H33FN4O3. The van der Waals surface area contributed by atoms with E-state index in [9.17, 15) is 18.8 Å². The Labute approximate surface area is 216 Å². The first kappa shape index (κ1) is 24.1. The van der Waals surface area contributed by atoms with Crippen LogP contribution >= 0.6 is 0 Å². The van der Waals surface area contributed by atoms with Crippen LogP contribution in [0, 0.1) is 11.7 Å². The molecule has 1 saturated carbocycles. The van der Waals surface area contributed by atoms with Gasteiger partial charge in [-0.2, -0.15) is 0 Å². The monoisotopic (exact) mass is 504 g/mol. The number of hydrogen-bond donors (Lipinski definition) is 2. The van der Waals surface area contributed by atoms with Gasteiger partial charge in [-0.3, -0.25) is 19.3 Å². The Hall–Kier alpha value is -3.26. The molecule has 2 heterocycles. The van der Waals surface area contributed by atoms with Gasteiger partial charge < -0.3 is 15.5 Å². The Morgan fingerprint density at radius 1 is 1.19 bits per heavy atom. The second-order valence-electron chi connectivity index (χ2n) is 11.1. The molecule has 1 spiro atoms. The predicted molar refractivity (Wildman–Crippen MR) is 137 cm³/mol. The normalized spacial score (nSPS) is 23.8. The van der Waals surface area contributed by atoms with Gasteiger partial charge in [0.15, 0.2) is 0 Å². The number of hydrogen-bond acceptors (Lipinski definition) is 5. The average molecular weight is 505 g/mol. The molecular weight excluding hydrogens is 471 g/mol. The van der Waals surface area contributed by atoms with Crippen LogP contribution in [-0.4, -0.2) is 59.2 Å². The van der Waals surface area contributed by atoms with Gasteiger partial charge in [0.1, 0.15) is 12.4 Å². The number of benzene rings is 2. The Kier molecular flexibility index (Phi) is 6.02. The SMILES string of the molecule is C[C@@H](C1CC1)N(Cc1ccc(F)cc1)C(=O)CN1C(=O)CC2(CCc3cc(NC4CNC4)ccc32)C1=O. The molecule has 2 aromatic carbocycles. The van der Waals surface area contributed by atoms with Crippen LogP contribution in [0.5, 0.6) is 0 Å². The van der Waals surface area contributed by atoms with Crippen LogP contribution in [0.4, 0.5) is 10.1 Å². The summed E-state index contributed by atoms with van der Waals surface area (Å²) in [5.41, 5.74) is 3.02. The van der Waals surface area contributed by atoms with E-state index in [2.05, 4.69) is 16.7 Å². The van der Waals surface area contributed by atoms with Crippen LogP contribution in [0.25, 0.3) is 0 Å². The number of fused-ring (bicyclic) bond motifs is 2. The molecule has 8 heteroatoms. The lowest BCUT2D eigenvalue weighted by molar-refractivity contribution is -0.147. The minimum Gasteiger partial charge on any atom is -0.380 e. The fourth-order valence-corrected chi connectivity index (χ4v) is 6.14. The third kappa shape index (κ3) is 4.41. The van der Waals surface area contributed by atoms with Gasteiger partial charge in [-0.25, -0.2) is 4.39 Å². The van der Waals surface area contributed by atoms with Crippen molar-refractivity contribution in [2.45, 2.75) is 63.1 Å². The van der Waals surface area contributed by atoms with Crippen LogP contribution in [0.3, 0.4) is 0 Å². The number of amides is 3. The number of halogens is 1. The maximum absolute atomic E-state index is 13.8. The third-order valence-electron chi connectivity index (χ3n) is 8.68. The highest BCUT2D eigenvalue weighted by atomic mass is 19.1. The standard InChI is InChI=1S/C29H33FN4O3/c1-18(20-4-5-20)33(16-19-2-6-22(30)7-3-19)27(36)17-34-26(35)13-29(28(34)37)11-10-21-12-23(8-9-25(21)29)32-24-14-31-15-24/h2-3,6-9,12,18,20,24,31-32H,4-5,10-11,13-17H2,1H3/t18-,29?/m0/s1. The minimum absolute atomic E-state index is 0.0108. The van der Waals surface area contributed by atoms with Crippen molar-refractivity contribution < 1.29 is 18.8 Å². The lowest BCUT2D eigenvalue weighted by atomic mass is 9.80. The molecule has 194 valence electrons. The van der Waals surface area contributed by atoms with E-state index in [1.165, 1.54) is 17.0 Å². The zero-order chi connectivity index (χ0) is 25.7. The number of aryl methyl sites for hydroxylation is 1. The molecule has 2 aliphatic carbocycles. The molecule has 1 unspecified atom stereocenters. The molecule has 0 radical (unpaired) electrons. The molecule has 3 fully saturated rings. The van der Waals surface area contributed by atoms with E-state index in [4.69, 9.17) is 0 Å². The lowest BCUT2D eigenvalue weighted by Crippen LogP contribution is -2.51. The van der Waals surface area contributed by atoms with Gasteiger partial charge in [0.25, 0.3) is 0 Å².